The molecule has 1 aliphatic rings. The van der Waals surface area contributed by atoms with E-state index in [1.54, 1.807) is 12.3 Å². The van der Waals surface area contributed by atoms with E-state index >= 15 is 0 Å². The fourth-order valence-electron chi connectivity index (χ4n) is 1.51. The minimum atomic E-state index is -0.435. The molecule has 2 aromatic rings. The van der Waals surface area contributed by atoms with Crippen LogP contribution in [0, 0.1) is 0 Å². The normalized spacial score (nSPS) is 13.6. The predicted octanol–water partition coefficient (Wildman–Crippen LogP) is 0.608. The van der Waals surface area contributed by atoms with Crippen LogP contribution in [0.4, 0.5) is 4.79 Å². The molecule has 1 aromatic carbocycles. The zero-order chi connectivity index (χ0) is 9.54. The highest BCUT2D eigenvalue weighted by Crippen LogP contribution is 2.05. The third kappa shape index (κ3) is 0.939. The maximum absolute atomic E-state index is 10.9. The van der Waals surface area contributed by atoms with Crippen LogP contribution in [-0.4, -0.2) is 11.0 Å². The summed E-state index contributed by atoms with van der Waals surface area (Å²) in [6.07, 6.45) is 1.71. The molecule has 0 aliphatic carbocycles. The van der Waals surface area contributed by atoms with Gasteiger partial charge >= 0.3 is 6.03 Å². The van der Waals surface area contributed by atoms with Crippen molar-refractivity contribution in [2.45, 2.75) is 0 Å². The Labute approximate surface area is 78.6 Å². The van der Waals surface area contributed by atoms with Crippen molar-refractivity contribution in [2.75, 3.05) is 0 Å². The first kappa shape index (κ1) is 7.32. The van der Waals surface area contributed by atoms with Gasteiger partial charge in [-0.15, -0.1) is 0 Å². The highest BCUT2D eigenvalue weighted by Gasteiger charge is 2.05. The predicted molar refractivity (Wildman–Crippen MR) is 49.5 cm³/mol. The number of hydrogen-bond donors (Lipinski definition) is 0. The molecule has 0 unspecified atom stereocenters. The SMILES string of the molecule is O=C1N=c2cc3cccnc3cc2=N1. The summed E-state index contributed by atoms with van der Waals surface area (Å²) >= 11 is 0. The van der Waals surface area contributed by atoms with Crippen LogP contribution < -0.4 is 10.7 Å². The van der Waals surface area contributed by atoms with E-state index < -0.39 is 6.03 Å². The molecular formula is C10H5N3O. The lowest BCUT2D eigenvalue weighted by atomic mass is 10.2. The van der Waals surface area contributed by atoms with Gasteiger partial charge in [-0.3, -0.25) is 4.98 Å². The largest absolute Gasteiger partial charge is 0.368 e. The first-order valence-electron chi connectivity index (χ1n) is 4.19. The van der Waals surface area contributed by atoms with Crippen LogP contribution in [0.3, 0.4) is 0 Å². The Kier molecular flexibility index (Phi) is 1.28. The summed E-state index contributed by atoms with van der Waals surface area (Å²) in [5.41, 5.74) is 0.833. The van der Waals surface area contributed by atoms with Gasteiger partial charge in [-0.1, -0.05) is 6.07 Å². The number of benzene rings is 1. The Bertz CT molecular complexity index is 604. The maximum Gasteiger partial charge on any atom is 0.368 e. The molecule has 2 heterocycles. The second kappa shape index (κ2) is 2.45. The Balaban J connectivity index is 2.56. The lowest BCUT2D eigenvalue weighted by Crippen LogP contribution is -2.20. The van der Waals surface area contributed by atoms with E-state index in [2.05, 4.69) is 15.0 Å². The molecule has 3 rings (SSSR count). The lowest BCUT2D eigenvalue weighted by Gasteiger charge is -1.92. The zero-order valence-electron chi connectivity index (χ0n) is 7.14. The van der Waals surface area contributed by atoms with Gasteiger partial charge in [0.1, 0.15) is 0 Å². The summed E-state index contributed by atoms with van der Waals surface area (Å²) in [4.78, 5) is 22.6. The zero-order valence-corrected chi connectivity index (χ0v) is 7.14. The third-order valence-electron chi connectivity index (χ3n) is 2.13. The van der Waals surface area contributed by atoms with Crippen molar-refractivity contribution in [1.82, 2.24) is 4.98 Å². The molecule has 0 spiro atoms. The number of rotatable bonds is 0. The van der Waals surface area contributed by atoms with Gasteiger partial charge in [0, 0.05) is 11.6 Å². The second-order valence-corrected chi connectivity index (χ2v) is 3.04. The molecule has 66 valence electrons. The third-order valence-corrected chi connectivity index (χ3v) is 2.13. The van der Waals surface area contributed by atoms with Crippen molar-refractivity contribution in [1.29, 1.82) is 0 Å². The molecule has 0 fully saturated rings. The van der Waals surface area contributed by atoms with Gasteiger partial charge < -0.3 is 0 Å². The van der Waals surface area contributed by atoms with Gasteiger partial charge in [-0.2, -0.15) is 9.98 Å². The van der Waals surface area contributed by atoms with Crippen LogP contribution >= 0.6 is 0 Å². The standard InChI is InChI=1S/C10H5N3O/c14-10-12-8-4-6-2-1-3-11-7(6)5-9(8)13-10/h1-5H. The first-order valence-corrected chi connectivity index (χ1v) is 4.19. The highest BCUT2D eigenvalue weighted by molar-refractivity contribution is 5.81. The van der Waals surface area contributed by atoms with Crippen molar-refractivity contribution in [3.05, 3.63) is 41.2 Å². The monoisotopic (exact) mass is 183 g/mol. The molecule has 14 heavy (non-hydrogen) atoms. The summed E-state index contributed by atoms with van der Waals surface area (Å²) in [6, 6.07) is 6.95. The summed E-state index contributed by atoms with van der Waals surface area (Å²) in [6.45, 7) is 0. The fraction of sp³-hybridized carbons (Fsp3) is 0. The van der Waals surface area contributed by atoms with E-state index in [0.29, 0.717) is 10.7 Å². The molecule has 0 atom stereocenters. The van der Waals surface area contributed by atoms with E-state index in [0.717, 1.165) is 10.9 Å². The summed E-state index contributed by atoms with van der Waals surface area (Å²) < 4.78 is 0. The number of urea groups is 1. The summed E-state index contributed by atoms with van der Waals surface area (Å²) in [5, 5.41) is 2.22. The molecule has 1 aliphatic heterocycles. The number of hydrogen-bond acceptors (Lipinski definition) is 2. The van der Waals surface area contributed by atoms with Gasteiger partial charge in [-0.05, 0) is 18.2 Å². The Morgan fingerprint density at radius 3 is 2.71 bits per heavy atom. The van der Waals surface area contributed by atoms with Crippen LogP contribution in [0.5, 0.6) is 0 Å². The van der Waals surface area contributed by atoms with Gasteiger partial charge in [0.05, 0.1) is 16.2 Å². The van der Waals surface area contributed by atoms with Crippen molar-refractivity contribution in [3.8, 4) is 0 Å². The summed E-state index contributed by atoms with van der Waals surface area (Å²) in [7, 11) is 0. The van der Waals surface area contributed by atoms with Crippen LogP contribution in [0.25, 0.3) is 10.9 Å². The van der Waals surface area contributed by atoms with Gasteiger partial charge in [0.15, 0.2) is 0 Å². The average molecular weight is 183 g/mol. The van der Waals surface area contributed by atoms with Gasteiger partial charge in [0.2, 0.25) is 0 Å². The van der Waals surface area contributed by atoms with Crippen LogP contribution in [-0.2, 0) is 0 Å². The fourth-order valence-corrected chi connectivity index (χ4v) is 1.51. The van der Waals surface area contributed by atoms with Crippen molar-refractivity contribution in [2.24, 2.45) is 9.98 Å². The second-order valence-electron chi connectivity index (χ2n) is 3.04. The van der Waals surface area contributed by atoms with E-state index in [1.165, 1.54) is 0 Å². The number of pyridine rings is 1. The van der Waals surface area contributed by atoms with Crippen molar-refractivity contribution in [3.63, 3.8) is 0 Å². The average Bonchev–Trinajstić information content (AvgIpc) is 2.53. The molecule has 4 nitrogen and oxygen atoms in total. The molecular weight excluding hydrogens is 178 g/mol. The molecule has 0 bridgehead atoms. The molecule has 2 amide bonds. The molecule has 0 N–H and O–H groups in total. The lowest BCUT2D eigenvalue weighted by molar-refractivity contribution is 0.256. The summed E-state index contributed by atoms with van der Waals surface area (Å²) in [5.74, 6) is 0. The molecule has 4 heteroatoms. The highest BCUT2D eigenvalue weighted by atomic mass is 16.2. The van der Waals surface area contributed by atoms with E-state index in [9.17, 15) is 4.79 Å². The van der Waals surface area contributed by atoms with E-state index in [-0.39, 0.29) is 0 Å². The van der Waals surface area contributed by atoms with E-state index in [4.69, 9.17) is 0 Å². The molecule has 0 saturated carbocycles. The van der Waals surface area contributed by atoms with Crippen LogP contribution in [0.15, 0.2) is 40.4 Å². The van der Waals surface area contributed by atoms with Crippen LogP contribution in [0.2, 0.25) is 0 Å². The number of aromatic nitrogens is 1. The quantitative estimate of drug-likeness (QED) is 0.600. The first-order chi connectivity index (χ1) is 6.83. The number of carbonyl (C=O) groups excluding carboxylic acids is 1. The van der Waals surface area contributed by atoms with Crippen molar-refractivity contribution < 1.29 is 4.79 Å². The molecule has 0 radical (unpaired) electrons. The number of nitrogens with zero attached hydrogens (tertiary/aromatic N) is 3. The number of carbonyl (C=O) groups is 1. The smallest absolute Gasteiger partial charge is 0.256 e. The number of fused-ring (bicyclic) bond motifs is 2. The van der Waals surface area contributed by atoms with Crippen LogP contribution in [0.1, 0.15) is 0 Å². The molecule has 1 aromatic heterocycles. The van der Waals surface area contributed by atoms with Gasteiger partial charge in [-0.25, -0.2) is 4.79 Å². The maximum atomic E-state index is 10.9. The topological polar surface area (TPSA) is 54.7 Å². The molecule has 0 saturated heterocycles. The Morgan fingerprint density at radius 2 is 1.86 bits per heavy atom. The minimum absolute atomic E-state index is 0.435. The van der Waals surface area contributed by atoms with E-state index in [1.807, 2.05) is 18.2 Å². The minimum Gasteiger partial charge on any atom is -0.256 e. The van der Waals surface area contributed by atoms with Gasteiger partial charge in [0.25, 0.3) is 0 Å². The number of amides is 2. The Hall–Kier alpha value is -2.10. The van der Waals surface area contributed by atoms with Crippen molar-refractivity contribution >= 4 is 16.9 Å². The Morgan fingerprint density at radius 1 is 1.07 bits per heavy atom.